The molecule has 0 saturated heterocycles. The molecule has 0 fully saturated rings. The number of fused-ring (bicyclic) bond motifs is 1. The average Bonchev–Trinajstić information content (AvgIpc) is 3.32. The first-order chi connectivity index (χ1) is 16.0. The lowest BCUT2D eigenvalue weighted by Gasteiger charge is -2.34. The Kier molecular flexibility index (Phi) is 6.34. The average molecular weight is 445 g/mol. The predicted octanol–water partition coefficient (Wildman–Crippen LogP) is 3.05. The summed E-state index contributed by atoms with van der Waals surface area (Å²) in [5.41, 5.74) is 2.87. The highest BCUT2D eigenvalue weighted by atomic mass is 16.4. The highest BCUT2D eigenvalue weighted by molar-refractivity contribution is 5.97. The highest BCUT2D eigenvalue weighted by Gasteiger charge is 2.37. The van der Waals surface area contributed by atoms with Crippen LogP contribution >= 0.6 is 0 Å². The van der Waals surface area contributed by atoms with Crippen LogP contribution in [0.3, 0.4) is 0 Å². The monoisotopic (exact) mass is 445 g/mol. The van der Waals surface area contributed by atoms with Crippen molar-refractivity contribution in [1.82, 2.24) is 14.9 Å². The molecule has 9 heteroatoms. The summed E-state index contributed by atoms with van der Waals surface area (Å²) < 4.78 is 0. The number of carboxylic acid groups (broad SMARTS) is 1. The molecular formula is C24H23N5O4. The summed E-state index contributed by atoms with van der Waals surface area (Å²) in [6.45, 7) is -0.0231. The van der Waals surface area contributed by atoms with E-state index in [1.54, 1.807) is 72.8 Å². The number of carbonyl (C=O) groups is 2. The van der Waals surface area contributed by atoms with Gasteiger partial charge in [0.1, 0.15) is 0 Å². The molecule has 4 rings (SSSR count). The zero-order chi connectivity index (χ0) is 23.4. The number of hydrogen-bond donors (Lipinski definition) is 4. The normalized spacial score (nSPS) is 12.8. The van der Waals surface area contributed by atoms with Gasteiger partial charge in [-0.25, -0.2) is 20.6 Å². The molecule has 0 aliphatic carbocycles. The number of nitrogens with zero attached hydrogens (tertiary/aromatic N) is 3. The number of anilines is 1. The minimum Gasteiger partial charge on any atom is -0.465 e. The number of H-pyrrole nitrogens is 1. The number of benzene rings is 3. The molecule has 33 heavy (non-hydrogen) atoms. The van der Waals surface area contributed by atoms with Crippen molar-refractivity contribution in [2.75, 3.05) is 5.01 Å². The predicted molar refractivity (Wildman–Crippen MR) is 123 cm³/mol. The van der Waals surface area contributed by atoms with E-state index >= 15 is 0 Å². The van der Waals surface area contributed by atoms with Gasteiger partial charge >= 0.3 is 6.09 Å². The lowest BCUT2D eigenvalue weighted by atomic mass is 9.98. The van der Waals surface area contributed by atoms with Gasteiger partial charge in [-0.1, -0.05) is 60.7 Å². The molecule has 0 saturated carbocycles. The quantitative estimate of drug-likeness (QED) is 0.196. The molecule has 3 aromatic carbocycles. The molecule has 4 aromatic rings. The smallest absolute Gasteiger partial charge is 0.408 e. The number of aliphatic hydroxyl groups is 1. The van der Waals surface area contributed by atoms with Gasteiger partial charge in [-0.05, 0) is 29.3 Å². The van der Waals surface area contributed by atoms with Crippen molar-refractivity contribution < 1.29 is 19.8 Å². The SMILES string of the molecule is NN(C(=O)C(O)C(c1ccccc1)N(Cc1ccccc1)C(=O)O)c1ccc2nc[nH]c2c1. The van der Waals surface area contributed by atoms with E-state index in [-0.39, 0.29) is 6.54 Å². The molecule has 2 unspecified atom stereocenters. The summed E-state index contributed by atoms with van der Waals surface area (Å²) in [7, 11) is 0. The van der Waals surface area contributed by atoms with E-state index in [9.17, 15) is 19.8 Å². The molecule has 0 aliphatic heterocycles. The Morgan fingerprint density at radius 1 is 1.00 bits per heavy atom. The molecule has 2 atom stereocenters. The summed E-state index contributed by atoms with van der Waals surface area (Å²) in [6.07, 6.45) is -1.51. The van der Waals surface area contributed by atoms with Crippen LogP contribution in [0.15, 0.2) is 85.2 Å². The van der Waals surface area contributed by atoms with Crippen molar-refractivity contribution in [3.63, 3.8) is 0 Å². The van der Waals surface area contributed by atoms with Crippen LogP contribution in [-0.4, -0.2) is 43.2 Å². The fourth-order valence-corrected chi connectivity index (χ4v) is 3.73. The Morgan fingerprint density at radius 3 is 2.33 bits per heavy atom. The maximum Gasteiger partial charge on any atom is 0.408 e. The van der Waals surface area contributed by atoms with Gasteiger partial charge in [-0.2, -0.15) is 0 Å². The number of aromatic amines is 1. The summed E-state index contributed by atoms with van der Waals surface area (Å²) in [6, 6.07) is 21.2. The van der Waals surface area contributed by atoms with Gasteiger partial charge in [-0.3, -0.25) is 9.69 Å². The summed E-state index contributed by atoms with van der Waals surface area (Å²) in [5, 5.41) is 22.0. The maximum absolute atomic E-state index is 13.2. The molecule has 5 N–H and O–H groups in total. The first-order valence-corrected chi connectivity index (χ1v) is 10.2. The Bertz CT molecular complexity index is 1250. The van der Waals surface area contributed by atoms with Crippen molar-refractivity contribution >= 4 is 28.7 Å². The Hall–Kier alpha value is -4.21. The Morgan fingerprint density at radius 2 is 1.67 bits per heavy atom. The van der Waals surface area contributed by atoms with Crippen LogP contribution in [0, 0.1) is 0 Å². The molecule has 1 heterocycles. The molecule has 9 nitrogen and oxygen atoms in total. The zero-order valence-electron chi connectivity index (χ0n) is 17.6. The van der Waals surface area contributed by atoms with E-state index in [0.29, 0.717) is 22.3 Å². The van der Waals surface area contributed by atoms with Crippen LogP contribution in [0.2, 0.25) is 0 Å². The highest BCUT2D eigenvalue weighted by Crippen LogP contribution is 2.29. The van der Waals surface area contributed by atoms with Crippen LogP contribution in [0.1, 0.15) is 17.2 Å². The number of rotatable bonds is 7. The first kappa shape index (κ1) is 22.0. The number of aliphatic hydroxyl groups excluding tert-OH is 1. The number of nitrogens with one attached hydrogen (secondary N) is 1. The zero-order valence-corrected chi connectivity index (χ0v) is 17.6. The number of amides is 2. The van der Waals surface area contributed by atoms with Gasteiger partial charge < -0.3 is 15.2 Å². The van der Waals surface area contributed by atoms with E-state index in [1.807, 2.05) is 6.07 Å². The summed E-state index contributed by atoms with van der Waals surface area (Å²) in [4.78, 5) is 33.6. The van der Waals surface area contributed by atoms with Gasteiger partial charge in [-0.15, -0.1) is 0 Å². The second-order valence-corrected chi connectivity index (χ2v) is 7.51. The molecular weight excluding hydrogens is 422 g/mol. The van der Waals surface area contributed by atoms with Crippen molar-refractivity contribution in [3.05, 3.63) is 96.3 Å². The third-order valence-corrected chi connectivity index (χ3v) is 5.39. The molecule has 0 bridgehead atoms. The van der Waals surface area contributed by atoms with E-state index in [1.165, 1.54) is 6.33 Å². The van der Waals surface area contributed by atoms with Crippen molar-refractivity contribution in [2.45, 2.75) is 18.7 Å². The van der Waals surface area contributed by atoms with Crippen molar-refractivity contribution in [3.8, 4) is 0 Å². The van der Waals surface area contributed by atoms with E-state index in [0.717, 1.165) is 15.5 Å². The van der Waals surface area contributed by atoms with Gasteiger partial charge in [0.05, 0.1) is 29.1 Å². The number of carbonyl (C=O) groups excluding carboxylic acids is 1. The lowest BCUT2D eigenvalue weighted by Crippen LogP contribution is -2.50. The van der Waals surface area contributed by atoms with Crippen molar-refractivity contribution in [2.24, 2.45) is 5.84 Å². The largest absolute Gasteiger partial charge is 0.465 e. The Balaban J connectivity index is 1.68. The number of aromatic nitrogens is 2. The molecule has 0 spiro atoms. The summed E-state index contributed by atoms with van der Waals surface area (Å²) in [5.74, 6) is 5.22. The van der Waals surface area contributed by atoms with Crippen LogP contribution in [0.5, 0.6) is 0 Å². The van der Waals surface area contributed by atoms with Gasteiger partial charge in [0.15, 0.2) is 6.10 Å². The van der Waals surface area contributed by atoms with E-state index < -0.39 is 24.1 Å². The minimum atomic E-state index is -1.75. The second-order valence-electron chi connectivity index (χ2n) is 7.51. The molecule has 1 aromatic heterocycles. The maximum atomic E-state index is 13.2. The van der Waals surface area contributed by atoms with Crippen molar-refractivity contribution in [1.29, 1.82) is 0 Å². The Labute approximate surface area is 189 Å². The standard InChI is InChI=1S/C24H23N5O4/c25-29(18-11-12-19-20(13-18)27-15-26-19)23(31)22(30)21(17-9-5-2-6-10-17)28(24(32)33)14-16-7-3-1-4-8-16/h1-13,15,21-22,30H,14,25H2,(H,26,27)(H,32,33). The molecule has 0 radical (unpaired) electrons. The van der Waals surface area contributed by atoms with Gasteiger partial charge in [0.25, 0.3) is 5.91 Å². The molecule has 2 amide bonds. The molecule has 0 aliphatic rings. The fraction of sp³-hybridized carbons (Fsp3) is 0.125. The first-order valence-electron chi connectivity index (χ1n) is 10.2. The van der Waals surface area contributed by atoms with Crippen LogP contribution in [0.4, 0.5) is 10.5 Å². The van der Waals surface area contributed by atoms with Gasteiger partial charge in [0, 0.05) is 6.54 Å². The number of nitrogens with two attached hydrogens (primary N) is 1. The van der Waals surface area contributed by atoms with Gasteiger partial charge in [0.2, 0.25) is 0 Å². The third-order valence-electron chi connectivity index (χ3n) is 5.39. The topological polar surface area (TPSA) is 136 Å². The van der Waals surface area contributed by atoms with Crippen LogP contribution in [-0.2, 0) is 11.3 Å². The number of hydrazine groups is 1. The van der Waals surface area contributed by atoms with E-state index in [4.69, 9.17) is 5.84 Å². The third kappa shape index (κ3) is 4.69. The lowest BCUT2D eigenvalue weighted by molar-refractivity contribution is -0.130. The second kappa shape index (κ2) is 9.51. The minimum absolute atomic E-state index is 0.0231. The number of hydrogen-bond acceptors (Lipinski definition) is 5. The van der Waals surface area contributed by atoms with E-state index in [2.05, 4.69) is 9.97 Å². The summed E-state index contributed by atoms with van der Waals surface area (Å²) >= 11 is 0. The number of imidazole rings is 1. The van der Waals surface area contributed by atoms with Crippen LogP contribution < -0.4 is 10.9 Å². The fourth-order valence-electron chi connectivity index (χ4n) is 3.73. The van der Waals surface area contributed by atoms with Crippen LogP contribution in [0.25, 0.3) is 11.0 Å². The molecule has 168 valence electrons.